The van der Waals surface area contributed by atoms with Gasteiger partial charge in [-0.2, -0.15) is 0 Å². The Balaban J connectivity index is -0.000000269. The van der Waals surface area contributed by atoms with E-state index in [0.717, 1.165) is 0 Å². The molecule has 4 atom stereocenters. The molecule has 0 aliphatic heterocycles. The number of carboxylic acids is 4. The summed E-state index contributed by atoms with van der Waals surface area (Å²) in [4.78, 5) is 68.5. The number of primary amides is 2. The number of urea groups is 2. The molecule has 4 amide bonds. The minimum absolute atomic E-state index is 0.0129. The van der Waals surface area contributed by atoms with Crippen LogP contribution >= 0.6 is 0 Å². The Bertz CT molecular complexity index is 930. The summed E-state index contributed by atoms with van der Waals surface area (Å²) in [7, 11) is 0. The molecule has 0 saturated carbocycles. The number of carbonyl (C=O) groups is 6. The highest BCUT2D eigenvalue weighted by molar-refractivity contribution is 5.76. The van der Waals surface area contributed by atoms with Crippen LogP contribution in [0, 0.1) is 0 Å². The third-order valence-corrected chi connectivity index (χ3v) is 5.19. The van der Waals surface area contributed by atoms with Crippen LogP contribution in [-0.2, 0) is 19.2 Å². The maximum Gasteiger partial charge on any atom is 0.320 e. The number of carbonyl (C=O) groups excluding carboxylic acids is 2. The Morgan fingerprint density at radius 3 is 0.875 bits per heavy atom. The molecule has 0 heterocycles. The van der Waals surface area contributed by atoms with Crippen molar-refractivity contribution in [2.24, 2.45) is 67.3 Å². The van der Waals surface area contributed by atoms with Gasteiger partial charge in [0.05, 0.1) is 0 Å². The van der Waals surface area contributed by atoms with E-state index in [1.54, 1.807) is 0 Å². The van der Waals surface area contributed by atoms with Crippen LogP contribution in [0.5, 0.6) is 0 Å². The summed E-state index contributed by atoms with van der Waals surface area (Å²) >= 11 is 0. The molecule has 48 heavy (non-hydrogen) atoms. The molecule has 280 valence electrons. The molecule has 0 spiro atoms. The van der Waals surface area contributed by atoms with Gasteiger partial charge in [0.25, 0.3) is 0 Å². The first-order valence-corrected chi connectivity index (χ1v) is 14.3. The topological polar surface area (TPSA) is 492 Å². The number of hydrogen-bond donors (Lipinski definition) is 16. The highest BCUT2D eigenvalue weighted by Gasteiger charge is 2.12. The zero-order chi connectivity index (χ0) is 38.2. The molecule has 24 nitrogen and oxygen atoms in total. The molecular formula is C24H54N14O10. The van der Waals surface area contributed by atoms with Crippen molar-refractivity contribution in [1.82, 2.24) is 10.6 Å². The van der Waals surface area contributed by atoms with Gasteiger partial charge in [0.2, 0.25) is 0 Å². The van der Waals surface area contributed by atoms with Gasteiger partial charge in [-0.3, -0.25) is 29.2 Å². The van der Waals surface area contributed by atoms with Crippen LogP contribution in [0.3, 0.4) is 0 Å². The van der Waals surface area contributed by atoms with Gasteiger partial charge in [-0.25, -0.2) is 9.59 Å². The second kappa shape index (κ2) is 31.8. The Morgan fingerprint density at radius 1 is 0.458 bits per heavy atom. The fourth-order valence-electron chi connectivity index (χ4n) is 2.60. The molecule has 0 radical (unpaired) electrons. The summed E-state index contributed by atoms with van der Waals surface area (Å²) in [6.45, 7) is 1.55. The molecular weight excluding hydrogens is 644 g/mol. The van der Waals surface area contributed by atoms with E-state index in [9.17, 15) is 28.8 Å². The number of nitrogens with two attached hydrogens (primary N) is 10. The predicted molar refractivity (Wildman–Crippen MR) is 176 cm³/mol. The SMILES string of the molecule is NC(=O)NCCCC(N)C(=O)O.NC(=O)NCCCC(N)C(=O)O.NC(N)=NCCCC(N)C(=O)O.NC(N)=NCCCC(N)C(=O)O. The van der Waals surface area contributed by atoms with E-state index in [-0.39, 0.29) is 11.9 Å². The van der Waals surface area contributed by atoms with Gasteiger partial charge in [0.1, 0.15) is 24.2 Å². The molecule has 26 N–H and O–H groups in total. The fourth-order valence-corrected chi connectivity index (χ4v) is 2.60. The van der Waals surface area contributed by atoms with Crippen molar-refractivity contribution >= 4 is 47.9 Å². The van der Waals surface area contributed by atoms with E-state index in [4.69, 9.17) is 77.8 Å². The molecule has 24 heteroatoms. The number of nitrogens with zero attached hydrogens (tertiary/aromatic N) is 2. The third-order valence-electron chi connectivity index (χ3n) is 5.19. The van der Waals surface area contributed by atoms with Gasteiger partial charge in [-0.05, 0) is 51.4 Å². The summed E-state index contributed by atoms with van der Waals surface area (Å²) in [5.41, 5.74) is 50.6. The minimum atomic E-state index is -1.03. The van der Waals surface area contributed by atoms with E-state index in [1.807, 2.05) is 0 Å². The average molecular weight is 699 g/mol. The van der Waals surface area contributed by atoms with Crippen LogP contribution < -0.4 is 68.0 Å². The number of carboxylic acid groups (broad SMARTS) is 4. The van der Waals surface area contributed by atoms with Gasteiger partial charge >= 0.3 is 35.9 Å². The average Bonchev–Trinajstić information content (AvgIpc) is 2.97. The monoisotopic (exact) mass is 698 g/mol. The number of aliphatic carboxylic acids is 4. The first-order valence-electron chi connectivity index (χ1n) is 14.3. The van der Waals surface area contributed by atoms with Gasteiger partial charge in [0.15, 0.2) is 11.9 Å². The van der Waals surface area contributed by atoms with Gasteiger partial charge in [-0.1, -0.05) is 0 Å². The van der Waals surface area contributed by atoms with Crippen molar-refractivity contribution in [2.75, 3.05) is 26.2 Å². The van der Waals surface area contributed by atoms with Crippen molar-refractivity contribution in [3.8, 4) is 0 Å². The Hall–Kier alpha value is -5.20. The number of guanidine groups is 2. The number of amides is 4. The molecule has 0 aromatic carbocycles. The fraction of sp³-hybridized carbons (Fsp3) is 0.667. The van der Waals surface area contributed by atoms with E-state index >= 15 is 0 Å². The molecule has 0 bridgehead atoms. The minimum Gasteiger partial charge on any atom is -0.480 e. The van der Waals surface area contributed by atoms with Crippen LogP contribution in [0.25, 0.3) is 0 Å². The highest BCUT2D eigenvalue weighted by atomic mass is 16.4. The van der Waals surface area contributed by atoms with Crippen LogP contribution in [0.15, 0.2) is 9.98 Å². The first kappa shape index (κ1) is 49.7. The zero-order valence-corrected chi connectivity index (χ0v) is 26.7. The molecule has 0 fully saturated rings. The first-order chi connectivity index (χ1) is 22.1. The number of rotatable bonds is 20. The van der Waals surface area contributed by atoms with Crippen molar-refractivity contribution < 1.29 is 49.2 Å². The largest absolute Gasteiger partial charge is 0.480 e. The summed E-state index contributed by atoms with van der Waals surface area (Å²) in [5, 5.41) is 38.1. The number of aliphatic imine (C=N–C) groups is 2. The second-order valence-electron chi connectivity index (χ2n) is 9.54. The molecule has 0 aromatic rings. The van der Waals surface area contributed by atoms with Gasteiger partial charge < -0.3 is 88.4 Å². The lowest BCUT2D eigenvalue weighted by atomic mass is 10.2. The van der Waals surface area contributed by atoms with Gasteiger partial charge in [0, 0.05) is 26.2 Å². The van der Waals surface area contributed by atoms with E-state index in [1.165, 1.54) is 0 Å². The third kappa shape index (κ3) is 42.9. The summed E-state index contributed by atoms with van der Waals surface area (Å²) in [5.74, 6) is -4.04. The maximum absolute atomic E-state index is 10.2. The van der Waals surface area contributed by atoms with Crippen molar-refractivity contribution in [2.45, 2.75) is 75.5 Å². The normalized spacial score (nSPS) is 12.1. The molecule has 0 aromatic heterocycles. The summed E-state index contributed by atoms with van der Waals surface area (Å²) in [6.07, 6.45) is 3.59. The number of hydrogen-bond acceptors (Lipinski definition) is 12. The van der Waals surface area contributed by atoms with E-state index < -0.39 is 60.1 Å². The second-order valence-corrected chi connectivity index (χ2v) is 9.54. The van der Waals surface area contributed by atoms with E-state index in [0.29, 0.717) is 77.5 Å². The smallest absolute Gasteiger partial charge is 0.320 e. The van der Waals surface area contributed by atoms with Crippen LogP contribution in [0.4, 0.5) is 9.59 Å². The Labute approximate surface area is 277 Å². The van der Waals surface area contributed by atoms with Crippen molar-refractivity contribution in [3.05, 3.63) is 0 Å². The van der Waals surface area contributed by atoms with Crippen LogP contribution in [0.1, 0.15) is 51.4 Å². The Morgan fingerprint density at radius 2 is 0.688 bits per heavy atom. The van der Waals surface area contributed by atoms with Crippen LogP contribution in [0.2, 0.25) is 0 Å². The lowest BCUT2D eigenvalue weighted by Crippen LogP contribution is -2.33. The number of nitrogens with one attached hydrogen (secondary N) is 2. The maximum atomic E-state index is 10.2. The Kier molecular flexibility index (Phi) is 32.9. The molecule has 0 aliphatic carbocycles. The van der Waals surface area contributed by atoms with E-state index in [2.05, 4.69) is 20.6 Å². The molecule has 0 rings (SSSR count). The quantitative estimate of drug-likeness (QED) is 0.0320. The van der Waals surface area contributed by atoms with Crippen molar-refractivity contribution in [1.29, 1.82) is 0 Å². The summed E-state index contributed by atoms with van der Waals surface area (Å²) in [6, 6.07) is -4.59. The lowest BCUT2D eigenvalue weighted by Gasteiger charge is -2.05. The van der Waals surface area contributed by atoms with Crippen molar-refractivity contribution in [3.63, 3.8) is 0 Å². The molecule has 4 unspecified atom stereocenters. The zero-order valence-electron chi connectivity index (χ0n) is 26.7. The lowest BCUT2D eigenvalue weighted by molar-refractivity contribution is -0.139. The van der Waals surface area contributed by atoms with Crippen LogP contribution in [-0.4, -0.2) is 119 Å². The standard InChI is InChI=1S/2C6H14N4O2.2C6H13N3O3/c2*7-4(5(11)12)2-1-3-10-6(8)9;2*7-4(5(10)11)2-1-3-9-6(8)12/h2*4H,1-3,7H2,(H,11,12)(H4,8,9,10);2*4H,1-3,7H2,(H,10,11)(H3,8,9,12). The highest BCUT2D eigenvalue weighted by Crippen LogP contribution is 1.96. The molecule has 0 saturated heterocycles. The predicted octanol–water partition coefficient (Wildman–Crippen LogP) is -5.40. The molecule has 0 aliphatic rings. The van der Waals surface area contributed by atoms with Gasteiger partial charge in [-0.15, -0.1) is 0 Å². The summed E-state index contributed by atoms with van der Waals surface area (Å²) < 4.78 is 0.